The van der Waals surface area contributed by atoms with Gasteiger partial charge in [-0.3, -0.25) is 14.9 Å². The zero-order valence-corrected chi connectivity index (χ0v) is 9.48. The number of benzene rings is 1. The molecule has 3 N–H and O–H groups in total. The molecule has 2 rings (SSSR count). The Morgan fingerprint density at radius 1 is 1.50 bits per heavy atom. The number of hydrogen-bond donors (Lipinski definition) is 2. The zero-order chi connectivity index (χ0) is 13.3. The highest BCUT2D eigenvalue weighted by atomic mass is 19.1. The Morgan fingerprint density at radius 3 is 2.67 bits per heavy atom. The van der Waals surface area contributed by atoms with Crippen LogP contribution in [0.25, 0.3) is 0 Å². The predicted octanol–water partition coefficient (Wildman–Crippen LogP) is 1.55. The van der Waals surface area contributed by atoms with Crippen LogP contribution < -0.4 is 11.1 Å². The van der Waals surface area contributed by atoms with Gasteiger partial charge < -0.3 is 11.1 Å². The Balaban J connectivity index is 2.25. The molecule has 1 saturated carbocycles. The molecule has 0 aromatic heterocycles. The van der Waals surface area contributed by atoms with E-state index in [2.05, 4.69) is 5.32 Å². The lowest BCUT2D eigenvalue weighted by Gasteiger charge is -2.36. The maximum atomic E-state index is 13.0. The van der Waals surface area contributed by atoms with E-state index >= 15 is 0 Å². The molecule has 1 aromatic rings. The second-order valence-corrected chi connectivity index (χ2v) is 4.38. The minimum absolute atomic E-state index is 0.165. The third-order valence-electron chi connectivity index (χ3n) is 3.10. The van der Waals surface area contributed by atoms with E-state index in [9.17, 15) is 19.3 Å². The molecule has 6 nitrogen and oxygen atoms in total. The highest BCUT2D eigenvalue weighted by Crippen LogP contribution is 2.32. The van der Waals surface area contributed by atoms with Crippen molar-refractivity contribution >= 4 is 17.3 Å². The highest BCUT2D eigenvalue weighted by molar-refractivity contribution is 6.00. The number of rotatable bonds is 3. The van der Waals surface area contributed by atoms with Crippen LogP contribution in [0.15, 0.2) is 18.2 Å². The maximum Gasteiger partial charge on any atom is 0.292 e. The number of halogens is 1. The Bertz CT molecular complexity index is 514. The topological polar surface area (TPSA) is 98.3 Å². The van der Waals surface area contributed by atoms with Crippen molar-refractivity contribution in [2.24, 2.45) is 5.73 Å². The van der Waals surface area contributed by atoms with Gasteiger partial charge in [0.15, 0.2) is 0 Å². The van der Waals surface area contributed by atoms with Crippen LogP contribution in [-0.2, 0) is 4.79 Å². The van der Waals surface area contributed by atoms with E-state index in [1.807, 2.05) is 0 Å². The molecule has 1 aliphatic rings. The average molecular weight is 253 g/mol. The summed E-state index contributed by atoms with van der Waals surface area (Å²) in [5.41, 5.74) is 4.28. The summed E-state index contributed by atoms with van der Waals surface area (Å²) in [5.74, 6) is -1.17. The van der Waals surface area contributed by atoms with Crippen molar-refractivity contribution in [3.05, 3.63) is 34.1 Å². The second-order valence-electron chi connectivity index (χ2n) is 4.38. The number of hydrogen-bond acceptors (Lipinski definition) is 4. The average Bonchev–Trinajstić information content (AvgIpc) is 2.25. The van der Waals surface area contributed by atoms with Gasteiger partial charge in [0.1, 0.15) is 11.5 Å². The van der Waals surface area contributed by atoms with Gasteiger partial charge in [0.2, 0.25) is 5.91 Å². The summed E-state index contributed by atoms with van der Waals surface area (Å²) in [7, 11) is 0. The lowest BCUT2D eigenvalue weighted by Crippen LogP contribution is -2.56. The SMILES string of the molecule is NC1(C(=O)Nc2cc(F)ccc2[N+](=O)[O-])CCC1. The summed E-state index contributed by atoms with van der Waals surface area (Å²) in [4.78, 5) is 21.9. The van der Waals surface area contributed by atoms with E-state index in [4.69, 9.17) is 5.73 Å². The fourth-order valence-electron chi connectivity index (χ4n) is 1.80. The number of nitro benzene ring substituents is 1. The number of amides is 1. The van der Waals surface area contributed by atoms with Crippen LogP contribution in [0.2, 0.25) is 0 Å². The third kappa shape index (κ3) is 2.17. The molecule has 0 unspecified atom stereocenters. The van der Waals surface area contributed by atoms with Crippen molar-refractivity contribution in [2.45, 2.75) is 24.8 Å². The minimum Gasteiger partial charge on any atom is -0.319 e. The Morgan fingerprint density at radius 2 is 2.17 bits per heavy atom. The number of carbonyl (C=O) groups is 1. The van der Waals surface area contributed by atoms with Gasteiger partial charge in [-0.2, -0.15) is 0 Å². The van der Waals surface area contributed by atoms with Gasteiger partial charge in [-0.05, 0) is 25.3 Å². The fourth-order valence-corrected chi connectivity index (χ4v) is 1.80. The molecule has 18 heavy (non-hydrogen) atoms. The number of carbonyl (C=O) groups excluding carboxylic acids is 1. The molecule has 96 valence electrons. The van der Waals surface area contributed by atoms with Crippen LogP contribution >= 0.6 is 0 Å². The summed E-state index contributed by atoms with van der Waals surface area (Å²) >= 11 is 0. The number of nitrogens with zero attached hydrogens (tertiary/aromatic N) is 1. The molecule has 0 spiro atoms. The second kappa shape index (κ2) is 4.34. The van der Waals surface area contributed by atoms with Crippen molar-refractivity contribution in [3.8, 4) is 0 Å². The zero-order valence-electron chi connectivity index (χ0n) is 9.48. The summed E-state index contributed by atoms with van der Waals surface area (Å²) in [6.07, 6.45) is 1.90. The Labute approximate surface area is 102 Å². The molecule has 0 radical (unpaired) electrons. The molecule has 1 aliphatic carbocycles. The van der Waals surface area contributed by atoms with E-state index in [1.54, 1.807) is 0 Å². The predicted molar refractivity (Wildman–Crippen MR) is 62.5 cm³/mol. The van der Waals surface area contributed by atoms with Crippen molar-refractivity contribution in [3.63, 3.8) is 0 Å². The number of nitro groups is 1. The number of nitrogens with one attached hydrogen (secondary N) is 1. The van der Waals surface area contributed by atoms with Crippen LogP contribution in [0, 0.1) is 15.9 Å². The smallest absolute Gasteiger partial charge is 0.292 e. The normalized spacial score (nSPS) is 16.8. The molecule has 0 atom stereocenters. The van der Waals surface area contributed by atoms with Crippen LogP contribution in [0.4, 0.5) is 15.8 Å². The first-order valence-electron chi connectivity index (χ1n) is 5.47. The van der Waals surface area contributed by atoms with E-state index in [1.165, 1.54) is 0 Å². The van der Waals surface area contributed by atoms with Crippen LogP contribution in [0.3, 0.4) is 0 Å². The number of anilines is 1. The first kappa shape index (κ1) is 12.4. The molecule has 0 heterocycles. The van der Waals surface area contributed by atoms with Gasteiger partial charge in [0.25, 0.3) is 5.69 Å². The standard InChI is InChI=1S/C11H12FN3O3/c12-7-2-3-9(15(17)18)8(6-7)14-10(16)11(13)4-1-5-11/h2-3,6H,1,4-5,13H2,(H,14,16). The van der Waals surface area contributed by atoms with E-state index < -0.39 is 22.2 Å². The third-order valence-corrected chi connectivity index (χ3v) is 3.10. The lowest BCUT2D eigenvalue weighted by molar-refractivity contribution is -0.384. The van der Waals surface area contributed by atoms with E-state index in [-0.39, 0.29) is 11.4 Å². The van der Waals surface area contributed by atoms with Crippen molar-refractivity contribution in [1.82, 2.24) is 0 Å². The minimum atomic E-state index is -0.986. The van der Waals surface area contributed by atoms with Crippen molar-refractivity contribution < 1.29 is 14.1 Å². The van der Waals surface area contributed by atoms with Gasteiger partial charge in [0.05, 0.1) is 10.5 Å². The number of nitrogens with two attached hydrogens (primary N) is 1. The van der Waals surface area contributed by atoms with Crippen molar-refractivity contribution in [2.75, 3.05) is 5.32 Å². The summed E-state index contributed by atoms with van der Waals surface area (Å²) in [6.45, 7) is 0. The molecule has 0 bridgehead atoms. The van der Waals surface area contributed by atoms with E-state index in [0.29, 0.717) is 12.8 Å². The highest BCUT2D eigenvalue weighted by Gasteiger charge is 2.40. The van der Waals surface area contributed by atoms with Gasteiger partial charge >= 0.3 is 0 Å². The molecule has 7 heteroatoms. The quantitative estimate of drug-likeness (QED) is 0.630. The molecule has 0 aliphatic heterocycles. The maximum absolute atomic E-state index is 13.0. The molecule has 1 fully saturated rings. The largest absolute Gasteiger partial charge is 0.319 e. The first-order valence-corrected chi connectivity index (χ1v) is 5.47. The van der Waals surface area contributed by atoms with Gasteiger partial charge in [-0.25, -0.2) is 4.39 Å². The molecular formula is C11H12FN3O3. The molecule has 1 aromatic carbocycles. The molecular weight excluding hydrogens is 241 g/mol. The lowest BCUT2D eigenvalue weighted by atomic mass is 9.77. The summed E-state index contributed by atoms with van der Waals surface area (Å²) < 4.78 is 13.0. The van der Waals surface area contributed by atoms with Crippen LogP contribution in [0.1, 0.15) is 19.3 Å². The Hall–Kier alpha value is -2.02. The summed E-state index contributed by atoms with van der Waals surface area (Å²) in [6, 6.07) is 2.89. The van der Waals surface area contributed by atoms with Crippen molar-refractivity contribution in [1.29, 1.82) is 0 Å². The van der Waals surface area contributed by atoms with Gasteiger partial charge in [-0.15, -0.1) is 0 Å². The van der Waals surface area contributed by atoms with Gasteiger partial charge in [-0.1, -0.05) is 0 Å². The molecule has 1 amide bonds. The van der Waals surface area contributed by atoms with Crippen LogP contribution in [-0.4, -0.2) is 16.4 Å². The monoisotopic (exact) mass is 253 g/mol. The van der Waals surface area contributed by atoms with E-state index in [0.717, 1.165) is 24.6 Å². The first-order chi connectivity index (χ1) is 8.42. The molecule has 0 saturated heterocycles. The fraction of sp³-hybridized carbons (Fsp3) is 0.364. The summed E-state index contributed by atoms with van der Waals surface area (Å²) in [5, 5.41) is 13.1. The Kier molecular flexibility index (Phi) is 3.00. The van der Waals surface area contributed by atoms with Crippen LogP contribution in [0.5, 0.6) is 0 Å². The van der Waals surface area contributed by atoms with Gasteiger partial charge in [0, 0.05) is 12.1 Å².